The summed E-state index contributed by atoms with van der Waals surface area (Å²) in [6, 6.07) is 2.53. The zero-order chi connectivity index (χ0) is 18.1. The minimum absolute atomic E-state index is 0.0140. The summed E-state index contributed by atoms with van der Waals surface area (Å²) in [5.41, 5.74) is -3.37. The molecule has 0 unspecified atom stereocenters. The summed E-state index contributed by atoms with van der Waals surface area (Å²) in [5, 5.41) is 0. The average molecular weight is 352 g/mol. The van der Waals surface area contributed by atoms with Crippen LogP contribution in [0.2, 0.25) is 0 Å². The summed E-state index contributed by atoms with van der Waals surface area (Å²) in [6.45, 7) is 3.68. The van der Waals surface area contributed by atoms with E-state index in [1.807, 2.05) is 6.92 Å². The summed E-state index contributed by atoms with van der Waals surface area (Å²) in [5.74, 6) is -0.0355. The van der Waals surface area contributed by atoms with E-state index in [0.717, 1.165) is 12.8 Å². The second-order valence-electron chi connectivity index (χ2n) is 6.77. The normalized spacial score (nSPS) is 22.7. The van der Waals surface area contributed by atoms with Crippen molar-refractivity contribution in [1.29, 1.82) is 0 Å². The summed E-state index contributed by atoms with van der Waals surface area (Å²) >= 11 is 0. The van der Waals surface area contributed by atoms with Crippen LogP contribution in [0.1, 0.15) is 74.1 Å². The van der Waals surface area contributed by atoms with Crippen molar-refractivity contribution in [2.24, 2.45) is 5.92 Å². The smallest absolute Gasteiger partial charge is 0.166 e. The molecule has 0 aromatic heterocycles. The molecule has 0 saturated heterocycles. The molecule has 6 heteroatoms. The fraction of sp³-hybridized carbons (Fsp3) is 0.667. The summed E-state index contributed by atoms with van der Waals surface area (Å²) < 4.78 is 81.2. The predicted octanol–water partition coefficient (Wildman–Crippen LogP) is 6.97. The van der Waals surface area contributed by atoms with E-state index in [1.165, 1.54) is 12.1 Å². The standard InChI is InChI=1S/C18H22F6/c1-3-4-13-9-10-14(12-7-5-11(2)6-8-12)16(18(22,23)24)15(13)17(19,20)21/h9-12H,3-8H2,1-2H3. The highest BCUT2D eigenvalue weighted by Gasteiger charge is 2.47. The van der Waals surface area contributed by atoms with Crippen molar-refractivity contribution in [2.75, 3.05) is 0 Å². The summed E-state index contributed by atoms with van der Waals surface area (Å²) in [7, 11) is 0. The lowest BCUT2D eigenvalue weighted by Gasteiger charge is -2.30. The Morgan fingerprint density at radius 2 is 1.42 bits per heavy atom. The molecule has 0 aliphatic heterocycles. The summed E-state index contributed by atoms with van der Waals surface area (Å²) in [6.07, 6.45) is -7.15. The van der Waals surface area contributed by atoms with Crippen LogP contribution in [0, 0.1) is 5.92 Å². The molecule has 0 heterocycles. The van der Waals surface area contributed by atoms with Gasteiger partial charge < -0.3 is 0 Å². The molecule has 0 nitrogen and oxygen atoms in total. The van der Waals surface area contributed by atoms with Gasteiger partial charge in [-0.15, -0.1) is 0 Å². The first-order valence-corrected chi connectivity index (χ1v) is 8.35. The van der Waals surface area contributed by atoms with Gasteiger partial charge in [-0.1, -0.05) is 45.2 Å². The molecule has 1 aromatic carbocycles. The molecule has 0 atom stereocenters. The summed E-state index contributed by atoms with van der Waals surface area (Å²) in [4.78, 5) is 0. The Kier molecular flexibility index (Phi) is 5.55. The fourth-order valence-corrected chi connectivity index (χ4v) is 3.68. The van der Waals surface area contributed by atoms with E-state index >= 15 is 0 Å². The SMILES string of the molecule is CCCc1ccc(C2CCC(C)CC2)c(C(F)(F)F)c1C(F)(F)F. The molecule has 1 aliphatic rings. The minimum atomic E-state index is -5.01. The number of aryl methyl sites for hydroxylation is 1. The second-order valence-corrected chi connectivity index (χ2v) is 6.77. The van der Waals surface area contributed by atoms with Gasteiger partial charge in [0.25, 0.3) is 0 Å². The van der Waals surface area contributed by atoms with Gasteiger partial charge in [-0.25, -0.2) is 0 Å². The van der Waals surface area contributed by atoms with Gasteiger partial charge in [0.05, 0.1) is 11.1 Å². The molecule has 1 fully saturated rings. The van der Waals surface area contributed by atoms with E-state index in [2.05, 4.69) is 0 Å². The minimum Gasteiger partial charge on any atom is -0.166 e. The van der Waals surface area contributed by atoms with Crippen LogP contribution in [0.4, 0.5) is 26.3 Å². The Morgan fingerprint density at radius 1 is 0.875 bits per heavy atom. The van der Waals surface area contributed by atoms with E-state index in [-0.39, 0.29) is 17.5 Å². The Labute approximate surface area is 138 Å². The van der Waals surface area contributed by atoms with Crippen molar-refractivity contribution in [3.8, 4) is 0 Å². The van der Waals surface area contributed by atoms with E-state index in [9.17, 15) is 26.3 Å². The van der Waals surface area contributed by atoms with Crippen LogP contribution in [-0.4, -0.2) is 0 Å². The molecule has 24 heavy (non-hydrogen) atoms. The largest absolute Gasteiger partial charge is 0.417 e. The molecule has 136 valence electrons. The monoisotopic (exact) mass is 352 g/mol. The molecule has 1 aliphatic carbocycles. The van der Waals surface area contributed by atoms with Crippen LogP contribution in [0.5, 0.6) is 0 Å². The first-order valence-electron chi connectivity index (χ1n) is 8.35. The average Bonchev–Trinajstić information content (AvgIpc) is 2.46. The van der Waals surface area contributed by atoms with Crippen molar-refractivity contribution in [1.82, 2.24) is 0 Å². The molecule has 0 radical (unpaired) electrons. The molecule has 0 bridgehead atoms. The zero-order valence-corrected chi connectivity index (χ0v) is 13.8. The number of benzene rings is 1. The molecule has 1 saturated carbocycles. The number of alkyl halides is 6. The molecule has 0 spiro atoms. The van der Waals surface area contributed by atoms with Crippen molar-refractivity contribution < 1.29 is 26.3 Å². The van der Waals surface area contributed by atoms with Crippen molar-refractivity contribution in [2.45, 2.75) is 70.6 Å². The van der Waals surface area contributed by atoms with E-state index in [1.54, 1.807) is 6.92 Å². The van der Waals surface area contributed by atoms with Crippen LogP contribution in [0.25, 0.3) is 0 Å². The Balaban J connectivity index is 2.63. The van der Waals surface area contributed by atoms with Crippen molar-refractivity contribution >= 4 is 0 Å². The first kappa shape index (κ1) is 19.1. The molecular weight excluding hydrogens is 330 g/mol. The number of hydrogen-bond acceptors (Lipinski definition) is 0. The zero-order valence-electron chi connectivity index (χ0n) is 13.8. The third kappa shape index (κ3) is 4.06. The van der Waals surface area contributed by atoms with Gasteiger partial charge in [0.1, 0.15) is 0 Å². The van der Waals surface area contributed by atoms with E-state index in [4.69, 9.17) is 0 Å². The topological polar surface area (TPSA) is 0 Å². The predicted molar refractivity (Wildman–Crippen MR) is 80.8 cm³/mol. The fourth-order valence-electron chi connectivity index (χ4n) is 3.68. The highest BCUT2D eigenvalue weighted by Crippen LogP contribution is 2.48. The van der Waals surface area contributed by atoms with Crippen LogP contribution < -0.4 is 0 Å². The lowest BCUT2D eigenvalue weighted by molar-refractivity contribution is -0.163. The van der Waals surface area contributed by atoms with Gasteiger partial charge in [-0.2, -0.15) is 26.3 Å². The van der Waals surface area contributed by atoms with Crippen LogP contribution in [0.3, 0.4) is 0 Å². The Hall–Kier alpha value is -1.20. The first-order chi connectivity index (χ1) is 11.1. The molecular formula is C18H22F6. The lowest BCUT2D eigenvalue weighted by Crippen LogP contribution is -2.23. The molecule has 2 rings (SSSR count). The van der Waals surface area contributed by atoms with E-state index < -0.39 is 29.4 Å². The number of halogens is 6. The third-order valence-electron chi connectivity index (χ3n) is 4.87. The quantitative estimate of drug-likeness (QED) is 0.515. The Bertz CT molecular complexity index is 562. The van der Waals surface area contributed by atoms with Crippen molar-refractivity contribution in [3.63, 3.8) is 0 Å². The maximum absolute atomic E-state index is 13.6. The maximum atomic E-state index is 13.6. The van der Waals surface area contributed by atoms with Gasteiger partial charge in [-0.05, 0) is 42.2 Å². The highest BCUT2D eigenvalue weighted by molar-refractivity contribution is 5.46. The number of rotatable bonds is 3. The highest BCUT2D eigenvalue weighted by atomic mass is 19.4. The van der Waals surface area contributed by atoms with Gasteiger partial charge in [0, 0.05) is 0 Å². The molecule has 1 aromatic rings. The van der Waals surface area contributed by atoms with Gasteiger partial charge in [-0.3, -0.25) is 0 Å². The van der Waals surface area contributed by atoms with Crippen molar-refractivity contribution in [3.05, 3.63) is 34.4 Å². The lowest BCUT2D eigenvalue weighted by atomic mass is 9.76. The van der Waals surface area contributed by atoms with Crippen LogP contribution in [0.15, 0.2) is 12.1 Å². The van der Waals surface area contributed by atoms with Gasteiger partial charge in [0.2, 0.25) is 0 Å². The van der Waals surface area contributed by atoms with Crippen LogP contribution >= 0.6 is 0 Å². The van der Waals surface area contributed by atoms with Gasteiger partial charge >= 0.3 is 12.4 Å². The third-order valence-corrected chi connectivity index (χ3v) is 4.87. The van der Waals surface area contributed by atoms with E-state index in [0.29, 0.717) is 25.2 Å². The number of hydrogen-bond donors (Lipinski definition) is 0. The Morgan fingerprint density at radius 3 is 1.88 bits per heavy atom. The maximum Gasteiger partial charge on any atom is 0.417 e. The molecule has 0 amide bonds. The van der Waals surface area contributed by atoms with Gasteiger partial charge in [0.15, 0.2) is 0 Å². The van der Waals surface area contributed by atoms with Crippen LogP contribution in [-0.2, 0) is 18.8 Å². The molecule has 0 N–H and O–H groups in total. The second kappa shape index (κ2) is 6.96.